The highest BCUT2D eigenvalue weighted by molar-refractivity contribution is 6.35. The summed E-state index contributed by atoms with van der Waals surface area (Å²) in [6, 6.07) is 31.1. The maximum atomic E-state index is 5.95. The van der Waals surface area contributed by atoms with Crippen molar-refractivity contribution in [2.24, 2.45) is 0 Å². The second-order valence-electron chi connectivity index (χ2n) is 7.67. The molecule has 154 valence electrons. The molecule has 5 aromatic rings. The van der Waals surface area contributed by atoms with Gasteiger partial charge >= 0.3 is 0 Å². The summed E-state index contributed by atoms with van der Waals surface area (Å²) in [4.78, 5) is 3.21. The zero-order valence-corrected chi connectivity index (χ0v) is 19.0. The van der Waals surface area contributed by atoms with Crippen LogP contribution in [0, 0.1) is 13.8 Å². The molecule has 3 heteroatoms. The summed E-state index contributed by atoms with van der Waals surface area (Å²) < 4.78 is 0. The minimum atomic E-state index is 0.665. The molecule has 1 nitrogen and oxygen atoms in total. The Balaban J connectivity index is 0.000000150. The fourth-order valence-electron chi connectivity index (χ4n) is 3.45. The van der Waals surface area contributed by atoms with Gasteiger partial charge in [0.15, 0.2) is 0 Å². The van der Waals surface area contributed by atoms with Gasteiger partial charge in [0.05, 0.1) is 0 Å². The van der Waals surface area contributed by atoms with Crippen molar-refractivity contribution in [1.82, 2.24) is 4.98 Å². The van der Waals surface area contributed by atoms with E-state index in [0.29, 0.717) is 10.0 Å². The summed E-state index contributed by atoms with van der Waals surface area (Å²) in [5.74, 6) is 0. The van der Waals surface area contributed by atoms with Gasteiger partial charge < -0.3 is 4.98 Å². The Morgan fingerprint density at radius 3 is 1.61 bits per heavy atom. The molecule has 31 heavy (non-hydrogen) atoms. The van der Waals surface area contributed by atoms with Gasteiger partial charge in [-0.25, -0.2) is 0 Å². The van der Waals surface area contributed by atoms with E-state index in [0.717, 1.165) is 11.1 Å². The number of hydrogen-bond donors (Lipinski definition) is 1. The van der Waals surface area contributed by atoms with Crippen molar-refractivity contribution in [2.45, 2.75) is 13.8 Å². The number of aryl methyl sites for hydroxylation is 2. The Hall–Kier alpha value is -3.00. The molecule has 0 bridgehead atoms. The monoisotopic (exact) mass is 443 g/mol. The second-order valence-corrected chi connectivity index (χ2v) is 8.54. The fraction of sp³-hybridized carbons (Fsp3) is 0.0714. The van der Waals surface area contributed by atoms with Crippen molar-refractivity contribution >= 4 is 34.1 Å². The van der Waals surface area contributed by atoms with E-state index in [1.165, 1.54) is 33.2 Å². The highest BCUT2D eigenvalue weighted by Gasteiger charge is 2.01. The Morgan fingerprint density at radius 1 is 0.516 bits per heavy atom. The van der Waals surface area contributed by atoms with Crippen molar-refractivity contribution < 1.29 is 0 Å². The Morgan fingerprint density at radius 2 is 1.03 bits per heavy atom. The fourth-order valence-corrected chi connectivity index (χ4v) is 3.97. The smallest absolute Gasteiger partial charge is 0.0454 e. The Labute approximate surface area is 193 Å². The standard InChI is InChI=1S/C15H13N.C13H10Cl2/c1-11-2-4-12(5-3-11)13-6-7-15-14(10-13)8-9-16-15;1-9-2-4-10(5-3-9)11-6-12(14)8-13(15)7-11/h2-10,16H,1H3;2-8H,1H3. The first-order valence-electron chi connectivity index (χ1n) is 10.2. The van der Waals surface area contributed by atoms with E-state index in [1.54, 1.807) is 6.07 Å². The number of aromatic amines is 1. The predicted octanol–water partition coefficient (Wildman–Crippen LogP) is 9.11. The summed E-state index contributed by atoms with van der Waals surface area (Å²) in [6.07, 6.45) is 1.98. The van der Waals surface area contributed by atoms with Crippen LogP contribution in [0.2, 0.25) is 10.0 Å². The van der Waals surface area contributed by atoms with Crippen molar-refractivity contribution in [3.8, 4) is 22.3 Å². The molecule has 0 saturated heterocycles. The molecule has 0 fully saturated rings. The number of rotatable bonds is 2. The molecule has 0 saturated carbocycles. The zero-order chi connectivity index (χ0) is 21.8. The lowest BCUT2D eigenvalue weighted by molar-refractivity contribution is 1.46. The van der Waals surface area contributed by atoms with Crippen LogP contribution in [0.3, 0.4) is 0 Å². The SMILES string of the molecule is Cc1ccc(-c2cc(Cl)cc(Cl)c2)cc1.Cc1ccc(-c2ccc3[nH]ccc3c2)cc1. The highest BCUT2D eigenvalue weighted by atomic mass is 35.5. The van der Waals surface area contributed by atoms with Crippen molar-refractivity contribution in [1.29, 1.82) is 0 Å². The van der Waals surface area contributed by atoms with Crippen LogP contribution in [0.5, 0.6) is 0 Å². The summed E-state index contributed by atoms with van der Waals surface area (Å²) in [7, 11) is 0. The topological polar surface area (TPSA) is 15.8 Å². The summed E-state index contributed by atoms with van der Waals surface area (Å²) in [6.45, 7) is 4.17. The molecule has 0 unspecified atom stereocenters. The normalized spacial score (nSPS) is 10.6. The van der Waals surface area contributed by atoms with Crippen LogP contribution in [0.4, 0.5) is 0 Å². The number of halogens is 2. The largest absolute Gasteiger partial charge is 0.361 e. The van der Waals surface area contributed by atoms with Crippen LogP contribution in [0.25, 0.3) is 33.2 Å². The van der Waals surface area contributed by atoms with Crippen LogP contribution in [-0.2, 0) is 0 Å². The van der Waals surface area contributed by atoms with Gasteiger partial charge in [-0.15, -0.1) is 0 Å². The van der Waals surface area contributed by atoms with Crippen LogP contribution in [0.15, 0.2) is 97.2 Å². The van der Waals surface area contributed by atoms with Crippen molar-refractivity contribution in [3.05, 3.63) is 118 Å². The first-order valence-corrected chi connectivity index (χ1v) is 10.9. The van der Waals surface area contributed by atoms with Gasteiger partial charge in [0.1, 0.15) is 0 Å². The molecule has 5 rings (SSSR count). The zero-order valence-electron chi connectivity index (χ0n) is 17.5. The molecule has 0 atom stereocenters. The maximum Gasteiger partial charge on any atom is 0.0454 e. The number of hydrogen-bond acceptors (Lipinski definition) is 0. The van der Waals surface area contributed by atoms with Crippen LogP contribution in [0.1, 0.15) is 11.1 Å². The molecule has 4 aromatic carbocycles. The molecule has 0 spiro atoms. The molecular weight excluding hydrogens is 421 g/mol. The lowest BCUT2D eigenvalue weighted by atomic mass is 10.0. The molecule has 0 aliphatic carbocycles. The minimum absolute atomic E-state index is 0.665. The van der Waals surface area contributed by atoms with Gasteiger partial charge in [0.2, 0.25) is 0 Å². The second kappa shape index (κ2) is 9.43. The van der Waals surface area contributed by atoms with E-state index in [-0.39, 0.29) is 0 Å². The van der Waals surface area contributed by atoms with Gasteiger partial charge in [-0.3, -0.25) is 0 Å². The molecule has 1 N–H and O–H groups in total. The minimum Gasteiger partial charge on any atom is -0.361 e. The van der Waals surface area contributed by atoms with Crippen molar-refractivity contribution in [2.75, 3.05) is 0 Å². The maximum absolute atomic E-state index is 5.95. The summed E-state index contributed by atoms with van der Waals surface area (Å²) in [5, 5.41) is 2.59. The van der Waals surface area contributed by atoms with Crippen molar-refractivity contribution in [3.63, 3.8) is 0 Å². The molecule has 1 heterocycles. The molecule has 0 amide bonds. The van der Waals surface area contributed by atoms with E-state index in [9.17, 15) is 0 Å². The van der Waals surface area contributed by atoms with Crippen LogP contribution >= 0.6 is 23.2 Å². The average Bonchev–Trinajstić information content (AvgIpc) is 3.22. The predicted molar refractivity (Wildman–Crippen MR) is 135 cm³/mol. The number of nitrogens with one attached hydrogen (secondary N) is 1. The molecule has 1 aromatic heterocycles. The third-order valence-corrected chi connectivity index (χ3v) is 5.62. The van der Waals surface area contributed by atoms with E-state index in [1.807, 2.05) is 18.3 Å². The van der Waals surface area contributed by atoms with E-state index in [2.05, 4.69) is 91.6 Å². The van der Waals surface area contributed by atoms with Gasteiger partial charge in [-0.1, -0.05) is 88.9 Å². The van der Waals surface area contributed by atoms with Crippen LogP contribution in [-0.4, -0.2) is 4.98 Å². The van der Waals surface area contributed by atoms with Gasteiger partial charge in [0, 0.05) is 21.8 Å². The quantitative estimate of drug-likeness (QED) is 0.279. The first-order chi connectivity index (χ1) is 15.0. The van der Waals surface area contributed by atoms with E-state index >= 15 is 0 Å². The summed E-state index contributed by atoms with van der Waals surface area (Å²) in [5.41, 5.74) is 8.45. The van der Waals surface area contributed by atoms with Crippen LogP contribution < -0.4 is 0 Å². The molecule has 0 aliphatic rings. The molecule has 0 radical (unpaired) electrons. The Kier molecular flexibility index (Phi) is 6.46. The molecule has 0 aliphatic heterocycles. The first kappa shape index (κ1) is 21.2. The third kappa shape index (κ3) is 5.38. The average molecular weight is 444 g/mol. The summed E-state index contributed by atoms with van der Waals surface area (Å²) >= 11 is 11.9. The molecular formula is C28H23Cl2N. The van der Waals surface area contributed by atoms with Gasteiger partial charge in [-0.2, -0.15) is 0 Å². The number of H-pyrrole nitrogens is 1. The van der Waals surface area contributed by atoms with Gasteiger partial charge in [0.25, 0.3) is 0 Å². The highest BCUT2D eigenvalue weighted by Crippen LogP contribution is 2.27. The van der Waals surface area contributed by atoms with Gasteiger partial charge in [-0.05, 0) is 77.9 Å². The number of aromatic nitrogens is 1. The number of fused-ring (bicyclic) bond motifs is 1. The Bertz CT molecular complexity index is 1280. The van der Waals surface area contributed by atoms with E-state index in [4.69, 9.17) is 23.2 Å². The third-order valence-electron chi connectivity index (χ3n) is 5.19. The van der Waals surface area contributed by atoms with E-state index < -0.39 is 0 Å². The lowest BCUT2D eigenvalue weighted by Crippen LogP contribution is -1.79. The lowest BCUT2D eigenvalue weighted by Gasteiger charge is -2.03. The number of benzene rings is 4.